The normalized spacial score (nSPS) is 32.7. The van der Waals surface area contributed by atoms with Gasteiger partial charge in [-0.15, -0.1) is 0 Å². The lowest BCUT2D eigenvalue weighted by Gasteiger charge is -2.33. The molecule has 2 fully saturated rings. The number of esters is 1. The second-order valence-electron chi connectivity index (χ2n) is 12.8. The summed E-state index contributed by atoms with van der Waals surface area (Å²) in [5.41, 5.74) is 1.55. The first-order valence-corrected chi connectivity index (χ1v) is 16.0. The molecule has 0 aliphatic carbocycles. The molecule has 9 heteroatoms. The van der Waals surface area contributed by atoms with Gasteiger partial charge < -0.3 is 34.2 Å². The monoisotopic (exact) mass is 602 g/mol. The molecule has 9 unspecified atom stereocenters. The third kappa shape index (κ3) is 10.9. The van der Waals surface area contributed by atoms with E-state index in [1.54, 1.807) is 4.90 Å². The number of allylic oxidation sites excluding steroid dienone is 3. The fourth-order valence-electron chi connectivity index (χ4n) is 5.74. The summed E-state index contributed by atoms with van der Waals surface area (Å²) >= 11 is 0. The molecule has 0 spiro atoms. The number of likely N-dealkylation sites (N-methyl/N-ethyl adjacent to an activating group) is 1. The number of ether oxygens (including phenoxy) is 3. The van der Waals surface area contributed by atoms with Crippen LogP contribution in [0, 0.1) is 17.8 Å². The Labute approximate surface area is 258 Å². The zero-order chi connectivity index (χ0) is 31.7. The maximum Gasteiger partial charge on any atom is 0.410 e. The molecular formula is C34H54N2O7. The molecule has 3 aliphatic heterocycles. The van der Waals surface area contributed by atoms with Gasteiger partial charge in [-0.1, -0.05) is 58.6 Å². The first-order valence-electron chi connectivity index (χ1n) is 16.0. The van der Waals surface area contributed by atoms with Crippen LogP contribution < -0.4 is 0 Å². The predicted octanol–water partition coefficient (Wildman–Crippen LogP) is 4.65. The number of epoxide rings is 1. The van der Waals surface area contributed by atoms with Crippen molar-refractivity contribution in [2.75, 3.05) is 33.2 Å². The molecule has 9 atom stereocenters. The molecule has 3 heterocycles. The van der Waals surface area contributed by atoms with E-state index in [-0.39, 0.29) is 48.6 Å². The lowest BCUT2D eigenvalue weighted by Crippen LogP contribution is -2.48. The number of cyclic esters (lactones) is 1. The van der Waals surface area contributed by atoms with Crippen LogP contribution in [0.15, 0.2) is 48.1 Å². The highest BCUT2D eigenvalue weighted by atomic mass is 16.6. The number of aliphatic hydroxyl groups excluding tert-OH is 2. The number of nitrogens with zero attached hydrogens (tertiary/aromatic N) is 2. The number of hydrogen-bond donors (Lipinski definition) is 2. The number of hydrogen-bond acceptors (Lipinski definition) is 8. The Morgan fingerprint density at radius 3 is 2.60 bits per heavy atom. The Morgan fingerprint density at radius 2 is 1.93 bits per heavy atom. The van der Waals surface area contributed by atoms with Crippen molar-refractivity contribution < 1.29 is 34.0 Å². The summed E-state index contributed by atoms with van der Waals surface area (Å²) in [5.74, 6) is -0.262. The maximum atomic E-state index is 12.9. The van der Waals surface area contributed by atoms with Crippen molar-refractivity contribution in [3.05, 3.63) is 48.1 Å². The predicted molar refractivity (Wildman–Crippen MR) is 167 cm³/mol. The highest BCUT2D eigenvalue weighted by molar-refractivity contribution is 5.70. The minimum absolute atomic E-state index is 0.111. The lowest BCUT2D eigenvalue weighted by molar-refractivity contribution is -0.151. The summed E-state index contributed by atoms with van der Waals surface area (Å²) in [7, 11) is 2.03. The van der Waals surface area contributed by atoms with Crippen molar-refractivity contribution in [1.29, 1.82) is 0 Å². The fraction of sp³-hybridized carbons (Fsp3) is 0.706. The molecule has 0 aromatic carbocycles. The van der Waals surface area contributed by atoms with E-state index >= 15 is 0 Å². The highest BCUT2D eigenvalue weighted by Crippen LogP contribution is 2.36. The molecule has 1 amide bonds. The second-order valence-corrected chi connectivity index (χ2v) is 12.8. The topological polar surface area (TPSA) is 112 Å². The van der Waals surface area contributed by atoms with E-state index in [0.717, 1.165) is 31.5 Å². The van der Waals surface area contributed by atoms with E-state index in [2.05, 4.69) is 24.5 Å². The Balaban J connectivity index is 1.67. The molecule has 242 valence electrons. The Hall–Kier alpha value is -2.46. The third-order valence-corrected chi connectivity index (χ3v) is 8.93. The second kappa shape index (κ2) is 16.6. The van der Waals surface area contributed by atoms with Crippen LogP contribution in [0.4, 0.5) is 4.79 Å². The first-order chi connectivity index (χ1) is 20.4. The Bertz CT molecular complexity index is 1030. The summed E-state index contributed by atoms with van der Waals surface area (Å²) in [4.78, 5) is 29.6. The van der Waals surface area contributed by atoms with Crippen LogP contribution in [-0.2, 0) is 19.0 Å². The molecular weight excluding hydrogens is 548 g/mol. The zero-order valence-corrected chi connectivity index (χ0v) is 27.0. The highest BCUT2D eigenvalue weighted by Gasteiger charge is 2.44. The molecule has 0 aromatic rings. The van der Waals surface area contributed by atoms with Gasteiger partial charge in [0.05, 0.1) is 30.8 Å². The third-order valence-electron chi connectivity index (χ3n) is 8.93. The number of rotatable bonds is 9. The molecule has 3 rings (SSSR count). The van der Waals surface area contributed by atoms with E-state index < -0.39 is 24.3 Å². The SMILES string of the molecule is C=C1CCC(O)CC(=O)OC(/C(C)=C/C=C/C(C)CC2OC2C(C)C(O)CC)C(C)/C=C/C1OC(=O)N1CCN(C)CC1. The summed E-state index contributed by atoms with van der Waals surface area (Å²) in [6, 6.07) is 0. The largest absolute Gasteiger partial charge is 0.457 e. The number of amides is 1. The van der Waals surface area contributed by atoms with Crippen LogP contribution in [0.5, 0.6) is 0 Å². The number of aliphatic hydroxyl groups is 2. The van der Waals surface area contributed by atoms with Crippen molar-refractivity contribution in [3.8, 4) is 0 Å². The van der Waals surface area contributed by atoms with E-state index in [1.165, 1.54) is 0 Å². The molecule has 0 radical (unpaired) electrons. The van der Waals surface area contributed by atoms with E-state index in [4.69, 9.17) is 14.2 Å². The molecule has 0 bridgehead atoms. The van der Waals surface area contributed by atoms with Crippen LogP contribution in [-0.4, -0.2) is 102 Å². The van der Waals surface area contributed by atoms with Gasteiger partial charge in [-0.3, -0.25) is 4.79 Å². The smallest absolute Gasteiger partial charge is 0.410 e. The average Bonchev–Trinajstić information content (AvgIpc) is 3.74. The van der Waals surface area contributed by atoms with Gasteiger partial charge in [0, 0.05) is 38.0 Å². The number of carbonyl (C=O) groups is 2. The standard InChI is InChI=1S/C34H54N2O7/c1-8-28(38)26(6)33-30(41-33)20-22(2)10-9-11-24(4)32-25(5)13-15-29(23(3)12-14-27(37)21-31(39)43-32)42-34(40)36-18-16-35(7)17-19-36/h9-11,13,15,22,25-30,32-33,37-38H,3,8,12,14,16-21H2,1-2,4-7H3/b10-9+,15-13+,24-11+. The van der Waals surface area contributed by atoms with E-state index in [0.29, 0.717) is 31.5 Å². The van der Waals surface area contributed by atoms with Crippen molar-refractivity contribution in [2.45, 2.75) is 103 Å². The lowest BCUT2D eigenvalue weighted by atomic mass is 9.93. The van der Waals surface area contributed by atoms with Gasteiger partial charge in [-0.2, -0.15) is 0 Å². The number of piperazine rings is 1. The fourth-order valence-corrected chi connectivity index (χ4v) is 5.74. The average molecular weight is 603 g/mol. The van der Waals surface area contributed by atoms with Crippen molar-refractivity contribution in [1.82, 2.24) is 9.80 Å². The van der Waals surface area contributed by atoms with E-state index in [9.17, 15) is 19.8 Å². The summed E-state index contributed by atoms with van der Waals surface area (Å²) in [6.45, 7) is 17.0. The van der Waals surface area contributed by atoms with Crippen LogP contribution in [0.2, 0.25) is 0 Å². The number of carbonyl (C=O) groups excluding carboxylic acids is 2. The van der Waals surface area contributed by atoms with Gasteiger partial charge in [0.15, 0.2) is 0 Å². The quantitative estimate of drug-likeness (QED) is 0.170. The first kappa shape index (κ1) is 35.0. The molecule has 43 heavy (non-hydrogen) atoms. The van der Waals surface area contributed by atoms with Crippen molar-refractivity contribution >= 4 is 12.1 Å². The van der Waals surface area contributed by atoms with Gasteiger partial charge in [-0.05, 0) is 62.8 Å². The van der Waals surface area contributed by atoms with Gasteiger partial charge in [0.2, 0.25) is 0 Å². The summed E-state index contributed by atoms with van der Waals surface area (Å²) in [6.07, 6.45) is 9.53. The molecule has 3 aliphatic rings. The minimum Gasteiger partial charge on any atom is -0.457 e. The van der Waals surface area contributed by atoms with Crippen molar-refractivity contribution in [2.24, 2.45) is 17.8 Å². The molecule has 0 aromatic heterocycles. The van der Waals surface area contributed by atoms with Crippen LogP contribution in [0.3, 0.4) is 0 Å². The van der Waals surface area contributed by atoms with Gasteiger partial charge >= 0.3 is 12.1 Å². The molecule has 0 saturated carbocycles. The Kier molecular flexibility index (Phi) is 13.5. The van der Waals surface area contributed by atoms with Crippen molar-refractivity contribution in [3.63, 3.8) is 0 Å². The zero-order valence-electron chi connectivity index (χ0n) is 27.0. The molecule has 2 N–H and O–H groups in total. The van der Waals surface area contributed by atoms with Crippen LogP contribution in [0.1, 0.15) is 66.7 Å². The summed E-state index contributed by atoms with van der Waals surface area (Å²) in [5, 5.41) is 20.6. The van der Waals surface area contributed by atoms with Gasteiger partial charge in [-0.25, -0.2) is 4.79 Å². The van der Waals surface area contributed by atoms with Crippen LogP contribution >= 0.6 is 0 Å². The minimum atomic E-state index is -0.878. The Morgan fingerprint density at radius 1 is 1.23 bits per heavy atom. The van der Waals surface area contributed by atoms with Crippen LogP contribution in [0.25, 0.3) is 0 Å². The summed E-state index contributed by atoms with van der Waals surface area (Å²) < 4.78 is 17.6. The molecule has 2 saturated heterocycles. The van der Waals surface area contributed by atoms with Gasteiger partial charge in [0.25, 0.3) is 0 Å². The maximum absolute atomic E-state index is 12.9. The van der Waals surface area contributed by atoms with E-state index in [1.807, 2.05) is 59.0 Å². The van der Waals surface area contributed by atoms with Gasteiger partial charge in [0.1, 0.15) is 12.2 Å². The molecule has 9 nitrogen and oxygen atoms in total.